The lowest BCUT2D eigenvalue weighted by atomic mass is 9.87. The molecule has 4 rings (SSSR count). The summed E-state index contributed by atoms with van der Waals surface area (Å²) in [5.41, 5.74) is 7.52. The van der Waals surface area contributed by atoms with E-state index in [-0.39, 0.29) is 31.3 Å². The molecule has 0 aromatic heterocycles. The molecule has 0 radical (unpaired) electrons. The van der Waals surface area contributed by atoms with Crippen LogP contribution in [0.5, 0.6) is 0 Å². The number of benzene rings is 3. The summed E-state index contributed by atoms with van der Waals surface area (Å²) in [6.07, 6.45) is 1.16. The number of piperazine rings is 1. The van der Waals surface area contributed by atoms with Gasteiger partial charge >= 0.3 is 0 Å². The van der Waals surface area contributed by atoms with Gasteiger partial charge in [-0.2, -0.15) is 0 Å². The van der Waals surface area contributed by atoms with Gasteiger partial charge in [-0.1, -0.05) is 74.9 Å². The van der Waals surface area contributed by atoms with Gasteiger partial charge in [0.2, 0.25) is 23.6 Å². The van der Waals surface area contributed by atoms with Crippen LogP contribution in [0.15, 0.2) is 66.7 Å². The molecule has 1 heterocycles. The smallest absolute Gasteiger partial charge is 0.246 e. The molecular weight excluding hydrogens is 523 g/mol. The van der Waals surface area contributed by atoms with Crippen molar-refractivity contribution in [3.05, 3.63) is 83.7 Å². The first-order valence-electron chi connectivity index (χ1n) is 14.0. The second-order valence-electron chi connectivity index (χ2n) is 10.7. The summed E-state index contributed by atoms with van der Waals surface area (Å²) in [5.74, 6) is -2.53. The Bertz CT molecular complexity index is 1420. The van der Waals surface area contributed by atoms with Crippen LogP contribution in [0.3, 0.4) is 0 Å². The van der Waals surface area contributed by atoms with Gasteiger partial charge in [0, 0.05) is 32.4 Å². The summed E-state index contributed by atoms with van der Waals surface area (Å²) in [4.78, 5) is 55.8. The van der Waals surface area contributed by atoms with Gasteiger partial charge in [-0.25, -0.2) is 4.39 Å². The van der Waals surface area contributed by atoms with Crippen molar-refractivity contribution in [2.24, 2.45) is 5.73 Å². The molecule has 4 atom stereocenters. The predicted octanol–water partition coefficient (Wildman–Crippen LogP) is 3.52. The average Bonchev–Trinajstić information content (AvgIpc) is 2.95. The Balaban J connectivity index is 1.62. The molecule has 0 saturated carbocycles. The van der Waals surface area contributed by atoms with E-state index >= 15 is 0 Å². The van der Waals surface area contributed by atoms with E-state index in [9.17, 15) is 23.6 Å². The molecule has 9 heteroatoms. The maximum absolute atomic E-state index is 14.0. The first-order valence-corrected chi connectivity index (χ1v) is 14.0. The number of primary amides is 1. The number of rotatable bonds is 10. The minimum Gasteiger partial charge on any atom is -0.368 e. The summed E-state index contributed by atoms with van der Waals surface area (Å²) >= 11 is 0. The molecule has 4 amide bonds. The van der Waals surface area contributed by atoms with Gasteiger partial charge in [-0.05, 0) is 40.5 Å². The highest BCUT2D eigenvalue weighted by Crippen LogP contribution is 2.32. The maximum Gasteiger partial charge on any atom is 0.246 e. The van der Waals surface area contributed by atoms with E-state index in [1.54, 1.807) is 12.1 Å². The molecule has 1 saturated heterocycles. The van der Waals surface area contributed by atoms with Gasteiger partial charge in [-0.3, -0.25) is 19.2 Å². The molecule has 41 heavy (non-hydrogen) atoms. The van der Waals surface area contributed by atoms with Crippen molar-refractivity contribution in [2.75, 3.05) is 13.1 Å². The van der Waals surface area contributed by atoms with Crippen LogP contribution in [0.2, 0.25) is 0 Å². The topological polar surface area (TPSA) is 113 Å². The van der Waals surface area contributed by atoms with E-state index in [2.05, 4.69) is 5.32 Å². The van der Waals surface area contributed by atoms with Crippen molar-refractivity contribution >= 4 is 34.4 Å². The van der Waals surface area contributed by atoms with Crippen molar-refractivity contribution in [2.45, 2.75) is 64.1 Å². The Morgan fingerprint density at radius 1 is 1.02 bits per heavy atom. The van der Waals surface area contributed by atoms with Crippen LogP contribution in [-0.4, -0.2) is 64.6 Å². The molecule has 0 spiro atoms. The lowest BCUT2D eigenvalue weighted by Crippen LogP contribution is -2.65. The highest BCUT2D eigenvalue weighted by molar-refractivity contribution is 5.96. The van der Waals surface area contributed by atoms with Crippen LogP contribution in [0.1, 0.15) is 50.7 Å². The first kappa shape index (κ1) is 29.7. The summed E-state index contributed by atoms with van der Waals surface area (Å²) in [6.45, 7) is 5.44. The average molecular weight is 561 g/mol. The van der Waals surface area contributed by atoms with Crippen LogP contribution in [-0.2, 0) is 25.6 Å². The molecule has 8 nitrogen and oxygen atoms in total. The highest BCUT2D eigenvalue weighted by Gasteiger charge is 2.44. The summed E-state index contributed by atoms with van der Waals surface area (Å²) in [7, 11) is 0. The van der Waals surface area contributed by atoms with Crippen molar-refractivity contribution in [3.8, 4) is 0 Å². The molecule has 0 aliphatic carbocycles. The van der Waals surface area contributed by atoms with E-state index in [0.29, 0.717) is 18.4 Å². The highest BCUT2D eigenvalue weighted by atomic mass is 19.1. The number of carbonyl (C=O) groups is 4. The van der Waals surface area contributed by atoms with E-state index in [0.717, 1.165) is 16.3 Å². The normalized spacial score (nSPS) is 17.7. The predicted molar refractivity (Wildman–Crippen MR) is 155 cm³/mol. The lowest BCUT2D eigenvalue weighted by molar-refractivity contribution is -0.157. The van der Waals surface area contributed by atoms with Crippen LogP contribution < -0.4 is 11.1 Å². The zero-order valence-electron chi connectivity index (χ0n) is 23.7. The fourth-order valence-electron chi connectivity index (χ4n) is 5.89. The summed E-state index contributed by atoms with van der Waals surface area (Å²) in [5, 5.41) is 4.71. The summed E-state index contributed by atoms with van der Waals surface area (Å²) in [6, 6.07) is 16.8. The number of amides is 4. The number of nitrogens with two attached hydrogens (primary N) is 1. The van der Waals surface area contributed by atoms with Crippen LogP contribution in [0.25, 0.3) is 10.8 Å². The minimum absolute atomic E-state index is 0.122. The zero-order chi connectivity index (χ0) is 29.7. The van der Waals surface area contributed by atoms with Crippen molar-refractivity contribution < 1.29 is 23.6 Å². The number of carbonyl (C=O) groups excluding carboxylic acids is 4. The number of nitrogens with zero attached hydrogens (tertiary/aromatic N) is 2. The quantitative estimate of drug-likeness (QED) is 0.395. The molecule has 216 valence electrons. The number of hydrogen-bond acceptors (Lipinski definition) is 4. The lowest BCUT2D eigenvalue weighted by Gasteiger charge is -2.45. The van der Waals surface area contributed by atoms with Gasteiger partial charge in [0.1, 0.15) is 23.9 Å². The molecule has 1 aliphatic rings. The SMILES string of the molecule is CCCC1C(=O)N(C(C(N)=O)C(C)c2cccc3ccccc23)CCN1C(=O)C(Cc1ccc(F)cc1)NC(C)=O. The summed E-state index contributed by atoms with van der Waals surface area (Å²) < 4.78 is 13.4. The fourth-order valence-corrected chi connectivity index (χ4v) is 5.89. The molecule has 3 aromatic rings. The number of hydrogen-bond donors (Lipinski definition) is 2. The standard InChI is InChI=1S/C32H37FN4O4/c1-4-8-28-32(41)37(29(30(34)39)20(2)25-12-7-10-23-9-5-6-11-26(23)25)18-17-36(28)31(40)27(35-21(3)38)19-22-13-15-24(33)16-14-22/h5-7,9-16,20,27-29H,4,8,17-19H2,1-3H3,(H2,34,39)(H,35,38). The van der Waals surface area contributed by atoms with Gasteiger partial charge in [0.25, 0.3) is 0 Å². The van der Waals surface area contributed by atoms with E-state index < -0.39 is 41.7 Å². The van der Waals surface area contributed by atoms with E-state index in [4.69, 9.17) is 5.73 Å². The van der Waals surface area contributed by atoms with Crippen molar-refractivity contribution in [3.63, 3.8) is 0 Å². The number of halogens is 1. The third-order valence-corrected chi connectivity index (χ3v) is 7.81. The molecule has 0 bridgehead atoms. The van der Waals surface area contributed by atoms with Gasteiger partial charge < -0.3 is 20.9 Å². The molecular formula is C32H37FN4O4. The molecule has 3 N–H and O–H groups in total. The number of nitrogens with one attached hydrogen (secondary N) is 1. The second kappa shape index (κ2) is 12.9. The van der Waals surface area contributed by atoms with Crippen LogP contribution in [0.4, 0.5) is 4.39 Å². The van der Waals surface area contributed by atoms with E-state index in [1.165, 1.54) is 28.9 Å². The van der Waals surface area contributed by atoms with Crippen molar-refractivity contribution in [1.82, 2.24) is 15.1 Å². The Hall–Kier alpha value is -4.27. The zero-order valence-corrected chi connectivity index (χ0v) is 23.7. The monoisotopic (exact) mass is 560 g/mol. The number of fused-ring (bicyclic) bond motifs is 1. The molecule has 1 aliphatic heterocycles. The van der Waals surface area contributed by atoms with Crippen LogP contribution >= 0.6 is 0 Å². The minimum atomic E-state index is -0.932. The first-order chi connectivity index (χ1) is 19.6. The Morgan fingerprint density at radius 3 is 2.37 bits per heavy atom. The van der Waals surface area contributed by atoms with Gasteiger partial charge in [-0.15, -0.1) is 0 Å². The third-order valence-electron chi connectivity index (χ3n) is 7.81. The van der Waals surface area contributed by atoms with Crippen molar-refractivity contribution in [1.29, 1.82) is 0 Å². The maximum atomic E-state index is 14.0. The largest absolute Gasteiger partial charge is 0.368 e. The Morgan fingerprint density at radius 2 is 1.71 bits per heavy atom. The third kappa shape index (κ3) is 6.56. The fraction of sp³-hybridized carbons (Fsp3) is 0.375. The van der Waals surface area contributed by atoms with E-state index in [1.807, 2.05) is 56.3 Å². The van der Waals surface area contributed by atoms with Gasteiger partial charge in [0.05, 0.1) is 0 Å². The molecule has 3 aromatic carbocycles. The Labute approximate surface area is 239 Å². The van der Waals surface area contributed by atoms with Gasteiger partial charge in [0.15, 0.2) is 0 Å². The Kier molecular flexibility index (Phi) is 9.37. The van der Waals surface area contributed by atoms with Crippen LogP contribution in [0, 0.1) is 5.82 Å². The molecule has 4 unspecified atom stereocenters. The second-order valence-corrected chi connectivity index (χ2v) is 10.7. The molecule has 1 fully saturated rings.